The van der Waals surface area contributed by atoms with Crippen LogP contribution in [0.5, 0.6) is 11.5 Å². The van der Waals surface area contributed by atoms with E-state index in [1.54, 1.807) is 47.6 Å². The molecule has 0 fully saturated rings. The molecule has 12 nitrogen and oxygen atoms in total. The number of esters is 1. The fourth-order valence-corrected chi connectivity index (χ4v) is 2.74. The first kappa shape index (κ1) is 33.5. The van der Waals surface area contributed by atoms with Crippen LogP contribution < -0.4 is 15.2 Å². The van der Waals surface area contributed by atoms with Crippen LogP contribution in [0.25, 0.3) is 0 Å². The van der Waals surface area contributed by atoms with Gasteiger partial charge < -0.3 is 38.9 Å². The van der Waals surface area contributed by atoms with Gasteiger partial charge in [0.2, 0.25) is 0 Å². The summed E-state index contributed by atoms with van der Waals surface area (Å²) in [5.74, 6) is -0.954. The minimum atomic E-state index is -1.11. The molecule has 3 unspecified atom stereocenters. The molecule has 39 heavy (non-hydrogen) atoms. The van der Waals surface area contributed by atoms with Gasteiger partial charge in [-0.05, 0) is 78.5 Å². The molecule has 0 aliphatic rings. The summed E-state index contributed by atoms with van der Waals surface area (Å²) in [5.41, 5.74) is 6.52. The Kier molecular flexibility index (Phi) is 14.1. The molecule has 0 saturated heterocycles. The van der Waals surface area contributed by atoms with Gasteiger partial charge in [0.05, 0.1) is 6.10 Å². The Morgan fingerprint density at radius 2 is 1.21 bits per heavy atom. The third-order valence-corrected chi connectivity index (χ3v) is 5.47. The molecule has 0 bridgehead atoms. The number of hydrogen-bond acceptors (Lipinski definition) is 12. The summed E-state index contributed by atoms with van der Waals surface area (Å²) < 4.78 is 36.1. The number of carbonyl (C=O) groups excluding carboxylic acids is 4. The van der Waals surface area contributed by atoms with Crippen molar-refractivity contribution in [3.63, 3.8) is 0 Å². The van der Waals surface area contributed by atoms with Crippen molar-refractivity contribution in [3.05, 3.63) is 23.8 Å². The lowest BCUT2D eigenvalue weighted by Gasteiger charge is -2.22. The van der Waals surface area contributed by atoms with E-state index >= 15 is 0 Å². The van der Waals surface area contributed by atoms with Crippen LogP contribution in [0.4, 0.5) is 14.4 Å². The predicted molar refractivity (Wildman–Crippen MR) is 140 cm³/mol. The third kappa shape index (κ3) is 12.7. The smallest absolute Gasteiger partial charge is 0.458 e. The molecular weight excluding hydrogens is 514 g/mol. The van der Waals surface area contributed by atoms with Gasteiger partial charge in [0.1, 0.15) is 30.5 Å². The molecular formula is C27H41NO11. The van der Waals surface area contributed by atoms with E-state index in [1.807, 2.05) is 13.8 Å². The topological polar surface area (TPSA) is 159 Å². The van der Waals surface area contributed by atoms with Gasteiger partial charge in [-0.3, -0.25) is 4.79 Å². The Morgan fingerprint density at radius 1 is 0.692 bits per heavy atom. The van der Waals surface area contributed by atoms with E-state index in [0.29, 0.717) is 18.4 Å². The Hall–Kier alpha value is -3.54. The zero-order valence-corrected chi connectivity index (χ0v) is 23.9. The van der Waals surface area contributed by atoms with Crippen LogP contribution in [0.15, 0.2) is 18.2 Å². The molecule has 5 atom stereocenters. The minimum Gasteiger partial charge on any atom is -0.458 e. The second kappa shape index (κ2) is 16.4. The Morgan fingerprint density at radius 3 is 1.72 bits per heavy atom. The molecule has 0 heterocycles. The molecule has 12 heteroatoms. The van der Waals surface area contributed by atoms with Crippen LogP contribution in [-0.2, 0) is 34.9 Å². The summed E-state index contributed by atoms with van der Waals surface area (Å²) in [6, 6.07) is 3.22. The summed E-state index contributed by atoms with van der Waals surface area (Å²) in [7, 11) is 0. The molecule has 0 radical (unpaired) electrons. The highest BCUT2D eigenvalue weighted by Gasteiger charge is 2.26. The maximum atomic E-state index is 12.6. The summed E-state index contributed by atoms with van der Waals surface area (Å²) >= 11 is 0. The van der Waals surface area contributed by atoms with Crippen molar-refractivity contribution in [2.24, 2.45) is 5.73 Å². The largest absolute Gasteiger partial charge is 0.514 e. The minimum absolute atomic E-state index is 0.00938. The summed E-state index contributed by atoms with van der Waals surface area (Å²) in [6.07, 6.45) is -4.42. The zero-order chi connectivity index (χ0) is 29.7. The van der Waals surface area contributed by atoms with Gasteiger partial charge in [-0.2, -0.15) is 0 Å². The Balaban J connectivity index is 2.95. The molecule has 0 spiro atoms. The molecule has 1 rings (SSSR count). The van der Waals surface area contributed by atoms with Crippen molar-refractivity contribution in [2.45, 2.75) is 111 Å². The van der Waals surface area contributed by atoms with Crippen molar-refractivity contribution >= 4 is 24.4 Å². The number of hydrogen-bond donors (Lipinski definition) is 1. The average molecular weight is 556 g/mol. The first-order chi connectivity index (χ1) is 18.2. The lowest BCUT2D eigenvalue weighted by atomic mass is 10.1. The van der Waals surface area contributed by atoms with Gasteiger partial charge in [0, 0.05) is 0 Å². The van der Waals surface area contributed by atoms with Crippen LogP contribution >= 0.6 is 0 Å². The molecule has 0 aromatic heterocycles. The number of nitrogens with two attached hydrogens (primary N) is 1. The molecule has 0 aliphatic heterocycles. The van der Waals surface area contributed by atoms with Crippen LogP contribution in [0.3, 0.4) is 0 Å². The van der Waals surface area contributed by atoms with Crippen LogP contribution in [0.2, 0.25) is 0 Å². The van der Waals surface area contributed by atoms with Crippen molar-refractivity contribution < 1.29 is 52.3 Å². The number of rotatable bonds is 13. The summed E-state index contributed by atoms with van der Waals surface area (Å²) in [6.45, 7) is 13.5. The van der Waals surface area contributed by atoms with Crippen molar-refractivity contribution in [2.75, 3.05) is 0 Å². The van der Waals surface area contributed by atoms with E-state index in [0.717, 1.165) is 0 Å². The molecule has 0 aliphatic carbocycles. The van der Waals surface area contributed by atoms with Crippen molar-refractivity contribution in [3.8, 4) is 11.5 Å². The highest BCUT2D eigenvalue weighted by molar-refractivity contribution is 5.76. The second-order valence-electron chi connectivity index (χ2n) is 9.35. The number of benzene rings is 1. The Bertz CT molecular complexity index is 965. The van der Waals surface area contributed by atoms with Gasteiger partial charge in [0.25, 0.3) is 0 Å². The van der Waals surface area contributed by atoms with E-state index in [-0.39, 0.29) is 30.1 Å². The summed E-state index contributed by atoms with van der Waals surface area (Å²) in [5, 5.41) is 0. The average Bonchev–Trinajstić information content (AvgIpc) is 2.84. The first-order valence-electron chi connectivity index (χ1n) is 13.0. The van der Waals surface area contributed by atoms with Gasteiger partial charge in [-0.25, -0.2) is 14.4 Å². The van der Waals surface area contributed by atoms with Crippen LogP contribution in [0, 0.1) is 0 Å². The molecule has 2 N–H and O–H groups in total. The molecule has 220 valence electrons. The zero-order valence-electron chi connectivity index (χ0n) is 23.9. The lowest BCUT2D eigenvalue weighted by molar-refractivity contribution is -0.155. The van der Waals surface area contributed by atoms with E-state index in [2.05, 4.69) is 0 Å². The van der Waals surface area contributed by atoms with Gasteiger partial charge in [0.15, 0.2) is 11.5 Å². The van der Waals surface area contributed by atoms with Gasteiger partial charge >= 0.3 is 24.4 Å². The number of ether oxygens (including phenoxy) is 7. The maximum Gasteiger partial charge on any atom is 0.514 e. The molecule has 0 amide bonds. The first-order valence-corrected chi connectivity index (χ1v) is 13.0. The monoisotopic (exact) mass is 555 g/mol. The second-order valence-corrected chi connectivity index (χ2v) is 9.35. The normalized spacial score (nSPS) is 14.7. The van der Waals surface area contributed by atoms with E-state index in [4.69, 9.17) is 38.9 Å². The third-order valence-electron chi connectivity index (χ3n) is 5.47. The van der Waals surface area contributed by atoms with Gasteiger partial charge in [-0.1, -0.05) is 19.9 Å². The fourth-order valence-electron chi connectivity index (χ4n) is 2.74. The van der Waals surface area contributed by atoms with Gasteiger partial charge in [-0.15, -0.1) is 0 Å². The quantitative estimate of drug-likeness (QED) is 0.196. The summed E-state index contributed by atoms with van der Waals surface area (Å²) in [4.78, 5) is 48.6. The van der Waals surface area contributed by atoms with E-state index < -0.39 is 48.8 Å². The highest BCUT2D eigenvalue weighted by Crippen LogP contribution is 2.30. The highest BCUT2D eigenvalue weighted by atomic mass is 16.8. The van der Waals surface area contributed by atoms with Crippen molar-refractivity contribution in [1.82, 2.24) is 0 Å². The maximum absolute atomic E-state index is 12.6. The lowest BCUT2D eigenvalue weighted by Crippen LogP contribution is -2.39. The fraction of sp³-hybridized carbons (Fsp3) is 0.630. The molecule has 1 aromatic rings. The standard InChI is InChI=1S/C27H41NO11/c1-9-16(5)34-26(31)38-22-12-11-20(14-23(22)39-27(32)35-17(6)10-2)13-21(28)24(29)36-18(7)19(8)37-25(30)33-15(3)4/h11-12,14-19,21H,9-10,13,28H2,1-8H3/t16-,17?,18?,19?,21-/m0/s1. The Labute approximate surface area is 229 Å². The molecule has 0 saturated carbocycles. The molecule has 1 aromatic carbocycles. The van der Waals surface area contributed by atoms with Crippen molar-refractivity contribution in [1.29, 1.82) is 0 Å². The van der Waals surface area contributed by atoms with Crippen LogP contribution in [0.1, 0.15) is 73.8 Å². The van der Waals surface area contributed by atoms with E-state index in [9.17, 15) is 19.2 Å². The van der Waals surface area contributed by atoms with Crippen LogP contribution in [-0.4, -0.2) is 61.0 Å². The predicted octanol–water partition coefficient (Wildman–Crippen LogP) is 5.07. The SMILES string of the molecule is CCC(C)OC(=O)Oc1cc(C[C@H](N)C(=O)OC(C)C(C)OC(=O)OC(C)C)ccc1OC(=O)O[C@@H](C)CC. The number of carbonyl (C=O) groups is 4. The van der Waals surface area contributed by atoms with E-state index in [1.165, 1.54) is 12.1 Å².